The average Bonchev–Trinajstić information content (AvgIpc) is 2.73. The molecule has 2 aromatic carbocycles. The molecule has 0 aliphatic carbocycles. The number of carbonyl (C=O) groups excluding carboxylic acids is 1. The number of aliphatic hydroxyl groups is 3. The predicted octanol–water partition coefficient (Wildman–Crippen LogP) is 1.42. The van der Waals surface area contributed by atoms with Crippen LogP contribution in [-0.4, -0.2) is 53.3 Å². The minimum atomic E-state index is -1.08. The fourth-order valence-corrected chi connectivity index (χ4v) is 3.13. The van der Waals surface area contributed by atoms with Crippen LogP contribution in [0.3, 0.4) is 0 Å². The zero-order valence-corrected chi connectivity index (χ0v) is 15.4. The minimum Gasteiger partial charge on any atom is -0.465 e. The molecule has 1 fully saturated rings. The summed E-state index contributed by atoms with van der Waals surface area (Å²) in [4.78, 5) is 11.6. The van der Waals surface area contributed by atoms with E-state index in [0.717, 1.165) is 0 Å². The van der Waals surface area contributed by atoms with Crippen molar-refractivity contribution in [1.82, 2.24) is 0 Å². The van der Waals surface area contributed by atoms with Gasteiger partial charge in [-0.15, -0.1) is 0 Å². The number of methoxy groups -OCH3 is 1. The molecule has 146 valence electrons. The van der Waals surface area contributed by atoms with E-state index < -0.39 is 30.4 Å². The van der Waals surface area contributed by atoms with Gasteiger partial charge >= 0.3 is 5.97 Å². The third kappa shape index (κ3) is 4.58. The van der Waals surface area contributed by atoms with Crippen molar-refractivity contribution >= 4 is 5.97 Å². The summed E-state index contributed by atoms with van der Waals surface area (Å²) in [6.45, 7) is -0.226. The number of carbonyl (C=O) groups is 1. The third-order valence-electron chi connectivity index (χ3n) is 4.60. The highest BCUT2D eigenvalue weighted by Crippen LogP contribution is 2.32. The summed E-state index contributed by atoms with van der Waals surface area (Å²) < 4.78 is 10.4. The summed E-state index contributed by atoms with van der Waals surface area (Å²) >= 11 is 0. The lowest BCUT2D eigenvalue weighted by Crippen LogP contribution is -2.44. The van der Waals surface area contributed by atoms with Gasteiger partial charge in [0.05, 0.1) is 31.5 Å². The van der Waals surface area contributed by atoms with Crippen LogP contribution < -0.4 is 0 Å². The molecule has 28 heavy (non-hydrogen) atoms. The van der Waals surface area contributed by atoms with Gasteiger partial charge in [0.1, 0.15) is 12.2 Å². The Morgan fingerprint density at radius 3 is 2.50 bits per heavy atom. The van der Waals surface area contributed by atoms with E-state index in [-0.39, 0.29) is 13.0 Å². The van der Waals surface area contributed by atoms with E-state index in [0.29, 0.717) is 22.3 Å². The molecule has 1 aliphatic heterocycles. The van der Waals surface area contributed by atoms with E-state index in [2.05, 4.69) is 11.8 Å². The summed E-state index contributed by atoms with van der Waals surface area (Å²) in [5, 5.41) is 29.6. The number of benzene rings is 2. The second-order valence-electron chi connectivity index (χ2n) is 6.60. The maximum atomic E-state index is 11.6. The van der Waals surface area contributed by atoms with Crippen LogP contribution in [0.1, 0.15) is 39.6 Å². The fraction of sp³-hybridized carbons (Fsp3) is 0.318. The molecular weight excluding hydrogens is 360 g/mol. The lowest BCUT2D eigenvalue weighted by atomic mass is 9.92. The van der Waals surface area contributed by atoms with Gasteiger partial charge in [-0.2, -0.15) is 0 Å². The summed E-state index contributed by atoms with van der Waals surface area (Å²) in [5.41, 5.74) is 2.45. The third-order valence-corrected chi connectivity index (χ3v) is 4.60. The zero-order chi connectivity index (χ0) is 20.1. The molecule has 1 heterocycles. The van der Waals surface area contributed by atoms with Crippen molar-refractivity contribution in [3.63, 3.8) is 0 Å². The molecule has 0 aromatic heterocycles. The zero-order valence-electron chi connectivity index (χ0n) is 15.4. The van der Waals surface area contributed by atoms with E-state index in [9.17, 15) is 20.1 Å². The van der Waals surface area contributed by atoms with Crippen LogP contribution in [0.15, 0.2) is 48.5 Å². The van der Waals surface area contributed by atoms with Crippen molar-refractivity contribution in [1.29, 1.82) is 0 Å². The Kier molecular flexibility index (Phi) is 6.45. The predicted molar refractivity (Wildman–Crippen MR) is 102 cm³/mol. The summed E-state index contributed by atoms with van der Waals surface area (Å²) in [5.74, 6) is 5.60. The number of aliphatic hydroxyl groups excluding tert-OH is 3. The molecule has 3 rings (SSSR count). The Balaban J connectivity index is 1.83. The van der Waals surface area contributed by atoms with Crippen LogP contribution in [0.5, 0.6) is 0 Å². The van der Waals surface area contributed by atoms with Gasteiger partial charge in [-0.05, 0) is 35.9 Å². The van der Waals surface area contributed by atoms with E-state index in [1.165, 1.54) is 7.11 Å². The highest BCUT2D eigenvalue weighted by Gasteiger charge is 2.37. The van der Waals surface area contributed by atoms with Crippen LogP contribution in [0.4, 0.5) is 0 Å². The Morgan fingerprint density at radius 1 is 1.14 bits per heavy atom. The first-order valence-electron chi connectivity index (χ1n) is 8.94. The van der Waals surface area contributed by atoms with Gasteiger partial charge in [-0.25, -0.2) is 4.79 Å². The summed E-state index contributed by atoms with van der Waals surface area (Å²) in [6, 6.07) is 14.0. The number of ether oxygens (including phenoxy) is 2. The smallest absolute Gasteiger partial charge is 0.337 e. The van der Waals surface area contributed by atoms with Gasteiger partial charge in [-0.1, -0.05) is 30.0 Å². The molecule has 0 spiro atoms. The molecule has 0 amide bonds. The topological polar surface area (TPSA) is 96.2 Å². The van der Waals surface area contributed by atoms with Gasteiger partial charge < -0.3 is 24.8 Å². The van der Waals surface area contributed by atoms with E-state index in [1.807, 2.05) is 6.07 Å². The number of esters is 1. The normalized spacial score (nSPS) is 24.1. The molecule has 1 aliphatic rings. The molecular formula is C22H22O6. The van der Waals surface area contributed by atoms with Crippen LogP contribution in [-0.2, 0) is 9.47 Å². The quantitative estimate of drug-likeness (QED) is 0.549. The molecule has 1 saturated heterocycles. The Morgan fingerprint density at radius 2 is 1.82 bits per heavy atom. The van der Waals surface area contributed by atoms with Crippen LogP contribution in [0.2, 0.25) is 0 Å². The standard InChI is InChI=1S/C22H22O6/c1-27-22(26)17-7-3-5-15(11-17)9-8-14-4-2-6-16(10-14)21-20(25)19(24)12-18(13-23)28-21/h2-7,10-11,18-21,23-25H,12-13H2,1H3/t18?,19?,20?,21-/m1/s1. The molecule has 3 unspecified atom stereocenters. The van der Waals surface area contributed by atoms with Crippen molar-refractivity contribution in [2.24, 2.45) is 0 Å². The molecule has 0 radical (unpaired) electrons. The summed E-state index contributed by atoms with van der Waals surface area (Å²) in [6.07, 6.45) is -3.14. The van der Waals surface area contributed by atoms with Crippen molar-refractivity contribution in [3.05, 3.63) is 70.8 Å². The maximum absolute atomic E-state index is 11.6. The molecule has 3 N–H and O–H groups in total. The first-order valence-corrected chi connectivity index (χ1v) is 8.94. The number of hydrogen-bond donors (Lipinski definition) is 3. The van der Waals surface area contributed by atoms with Gasteiger partial charge in [0, 0.05) is 17.5 Å². The largest absolute Gasteiger partial charge is 0.465 e. The van der Waals surface area contributed by atoms with Crippen LogP contribution in [0, 0.1) is 11.8 Å². The lowest BCUT2D eigenvalue weighted by molar-refractivity contribution is -0.179. The Bertz CT molecular complexity index is 897. The van der Waals surface area contributed by atoms with Crippen molar-refractivity contribution < 1.29 is 29.6 Å². The van der Waals surface area contributed by atoms with Crippen molar-refractivity contribution in [3.8, 4) is 11.8 Å². The number of hydrogen-bond acceptors (Lipinski definition) is 6. The molecule has 0 saturated carbocycles. The van der Waals surface area contributed by atoms with Gasteiger partial charge in [0.25, 0.3) is 0 Å². The first-order chi connectivity index (χ1) is 13.5. The Labute approximate surface area is 163 Å². The highest BCUT2D eigenvalue weighted by atomic mass is 16.5. The molecule has 0 bridgehead atoms. The monoisotopic (exact) mass is 382 g/mol. The second kappa shape index (κ2) is 9.00. The number of rotatable bonds is 3. The molecule has 6 heteroatoms. The van der Waals surface area contributed by atoms with E-state index in [1.54, 1.807) is 42.5 Å². The molecule has 4 atom stereocenters. The minimum absolute atomic E-state index is 0.185. The summed E-state index contributed by atoms with van der Waals surface area (Å²) in [7, 11) is 1.33. The SMILES string of the molecule is COC(=O)c1cccc(C#Cc2cccc([C@H]3OC(CO)CC(O)C3O)c2)c1. The average molecular weight is 382 g/mol. The van der Waals surface area contributed by atoms with Gasteiger partial charge in [0.15, 0.2) is 0 Å². The van der Waals surface area contributed by atoms with E-state index in [4.69, 9.17) is 9.47 Å². The van der Waals surface area contributed by atoms with Gasteiger partial charge in [0.2, 0.25) is 0 Å². The Hall–Kier alpha value is -2.69. The van der Waals surface area contributed by atoms with Crippen LogP contribution in [0.25, 0.3) is 0 Å². The lowest BCUT2D eigenvalue weighted by Gasteiger charge is -2.36. The maximum Gasteiger partial charge on any atom is 0.337 e. The van der Waals surface area contributed by atoms with Crippen molar-refractivity contribution in [2.45, 2.75) is 30.8 Å². The van der Waals surface area contributed by atoms with E-state index >= 15 is 0 Å². The fourth-order valence-electron chi connectivity index (χ4n) is 3.13. The first kappa shape index (κ1) is 20.1. The van der Waals surface area contributed by atoms with Gasteiger partial charge in [-0.3, -0.25) is 0 Å². The van der Waals surface area contributed by atoms with Crippen LogP contribution >= 0.6 is 0 Å². The molecule has 2 aromatic rings. The molecule has 6 nitrogen and oxygen atoms in total. The second-order valence-corrected chi connectivity index (χ2v) is 6.60. The highest BCUT2D eigenvalue weighted by molar-refractivity contribution is 5.89. The van der Waals surface area contributed by atoms with Crippen molar-refractivity contribution in [2.75, 3.05) is 13.7 Å².